The van der Waals surface area contributed by atoms with Gasteiger partial charge in [-0.1, -0.05) is 23.7 Å². The number of fused-ring (bicyclic) bond motifs is 1. The van der Waals surface area contributed by atoms with E-state index >= 15 is 0 Å². The molecule has 4 rings (SSSR count). The fraction of sp³-hybridized carbons (Fsp3) is 0.364. The highest BCUT2D eigenvalue weighted by molar-refractivity contribution is 6.30. The van der Waals surface area contributed by atoms with Crippen molar-refractivity contribution in [3.8, 4) is 6.07 Å². The van der Waals surface area contributed by atoms with Crippen LogP contribution < -0.4 is 5.32 Å². The minimum atomic E-state index is -4.43. The molecular formula is C22H19ClF3N5. The van der Waals surface area contributed by atoms with Crippen molar-refractivity contribution in [2.24, 2.45) is 0 Å². The smallest absolute Gasteiger partial charge is 0.363 e. The molecule has 1 aromatic carbocycles. The molecule has 160 valence electrons. The first-order chi connectivity index (χ1) is 14.6. The topological polar surface area (TPSA) is 74.5 Å². The Morgan fingerprint density at radius 1 is 1.19 bits per heavy atom. The zero-order valence-corrected chi connectivity index (χ0v) is 17.9. The summed E-state index contributed by atoms with van der Waals surface area (Å²) in [4.78, 5) is 13.2. The van der Waals surface area contributed by atoms with Crippen LogP contribution in [0.15, 0.2) is 24.3 Å². The highest BCUT2D eigenvalue weighted by atomic mass is 35.5. The largest absolute Gasteiger partial charge is 0.416 e. The van der Waals surface area contributed by atoms with E-state index in [1.165, 1.54) is 13.0 Å². The average molecular weight is 446 g/mol. The number of aryl methyl sites for hydroxylation is 1. The van der Waals surface area contributed by atoms with Crippen LogP contribution in [0.3, 0.4) is 0 Å². The molecule has 9 heteroatoms. The minimum absolute atomic E-state index is 0.161. The molecule has 0 aliphatic heterocycles. The maximum atomic E-state index is 13.3. The van der Waals surface area contributed by atoms with Gasteiger partial charge in [0.05, 0.1) is 28.5 Å². The summed E-state index contributed by atoms with van der Waals surface area (Å²) < 4.78 is 40.0. The minimum Gasteiger partial charge on any atom is -0.363 e. The first-order valence-electron chi connectivity index (χ1n) is 9.75. The Hall–Kier alpha value is -2.92. The lowest BCUT2D eigenvalue weighted by molar-refractivity contribution is -0.138. The quantitative estimate of drug-likeness (QED) is 0.495. The zero-order valence-electron chi connectivity index (χ0n) is 17.1. The summed E-state index contributed by atoms with van der Waals surface area (Å²) in [5.41, 5.74) is 0.352. The van der Waals surface area contributed by atoms with Gasteiger partial charge in [-0.3, -0.25) is 0 Å². The molecule has 1 aliphatic carbocycles. The summed E-state index contributed by atoms with van der Waals surface area (Å²) in [7, 11) is 0. The van der Waals surface area contributed by atoms with Gasteiger partial charge in [0, 0.05) is 5.56 Å². The second-order valence-electron chi connectivity index (χ2n) is 7.89. The normalized spacial score (nSPS) is 16.1. The number of alkyl halides is 3. The van der Waals surface area contributed by atoms with Crippen LogP contribution in [0.1, 0.15) is 53.9 Å². The molecule has 0 spiro atoms. The molecule has 0 saturated heterocycles. The Balaban J connectivity index is 1.79. The molecule has 0 amide bonds. The number of nitriles is 1. The Morgan fingerprint density at radius 2 is 1.90 bits per heavy atom. The van der Waals surface area contributed by atoms with Crippen molar-refractivity contribution in [1.29, 1.82) is 5.26 Å². The van der Waals surface area contributed by atoms with Crippen molar-refractivity contribution < 1.29 is 13.2 Å². The lowest BCUT2D eigenvalue weighted by atomic mass is 9.97. The molecule has 0 unspecified atom stereocenters. The molecule has 2 aromatic heterocycles. The van der Waals surface area contributed by atoms with Crippen LogP contribution in [0.2, 0.25) is 5.15 Å². The Labute approximate surface area is 182 Å². The number of pyridine rings is 1. The van der Waals surface area contributed by atoms with Gasteiger partial charge in [-0.2, -0.15) is 18.4 Å². The highest BCUT2D eigenvalue weighted by Gasteiger charge is 2.47. The van der Waals surface area contributed by atoms with Gasteiger partial charge in [0.2, 0.25) is 0 Å². The summed E-state index contributed by atoms with van der Waals surface area (Å²) in [6.45, 7) is 4.93. The first kappa shape index (κ1) is 21.3. The molecule has 5 nitrogen and oxygen atoms in total. The Morgan fingerprint density at radius 3 is 2.52 bits per heavy atom. The summed E-state index contributed by atoms with van der Waals surface area (Å²) in [5, 5.41) is 13.6. The molecule has 0 radical (unpaired) electrons. The van der Waals surface area contributed by atoms with E-state index in [-0.39, 0.29) is 10.7 Å². The molecule has 31 heavy (non-hydrogen) atoms. The van der Waals surface area contributed by atoms with Crippen LogP contribution in [-0.2, 0) is 11.6 Å². The molecular weight excluding hydrogens is 427 g/mol. The lowest BCUT2D eigenvalue weighted by Gasteiger charge is -2.21. The van der Waals surface area contributed by atoms with Crippen molar-refractivity contribution in [1.82, 2.24) is 15.0 Å². The maximum Gasteiger partial charge on any atom is 0.416 e. The van der Waals surface area contributed by atoms with Crippen LogP contribution in [0, 0.1) is 25.2 Å². The van der Waals surface area contributed by atoms with E-state index in [1.807, 2.05) is 0 Å². The molecule has 1 N–H and O–H groups in total. The van der Waals surface area contributed by atoms with Crippen LogP contribution in [0.25, 0.3) is 11.0 Å². The lowest BCUT2D eigenvalue weighted by Crippen LogP contribution is -2.15. The van der Waals surface area contributed by atoms with Gasteiger partial charge >= 0.3 is 6.18 Å². The number of hydrogen-bond acceptors (Lipinski definition) is 5. The summed E-state index contributed by atoms with van der Waals surface area (Å²) in [6, 6.07) is 7.75. The summed E-state index contributed by atoms with van der Waals surface area (Å²) in [6.07, 6.45) is -3.03. The van der Waals surface area contributed by atoms with Crippen LogP contribution in [0.5, 0.6) is 0 Å². The molecule has 1 atom stereocenters. The van der Waals surface area contributed by atoms with Crippen molar-refractivity contribution >= 4 is 28.5 Å². The number of anilines is 1. The monoisotopic (exact) mass is 445 g/mol. The molecule has 1 saturated carbocycles. The van der Waals surface area contributed by atoms with Crippen molar-refractivity contribution in [2.75, 3.05) is 5.32 Å². The Bertz CT molecular complexity index is 1230. The number of halogens is 4. The average Bonchev–Trinajstić information content (AvgIpc) is 3.47. The van der Waals surface area contributed by atoms with E-state index in [0.29, 0.717) is 46.6 Å². The second-order valence-corrected chi connectivity index (χ2v) is 8.25. The number of nitrogens with zero attached hydrogens (tertiary/aromatic N) is 4. The van der Waals surface area contributed by atoms with E-state index < -0.39 is 23.2 Å². The molecule has 1 aliphatic rings. The third kappa shape index (κ3) is 3.79. The molecule has 3 aromatic rings. The fourth-order valence-electron chi connectivity index (χ4n) is 3.87. The van der Waals surface area contributed by atoms with Crippen molar-refractivity contribution in [2.45, 2.75) is 51.2 Å². The number of benzene rings is 1. The molecule has 2 heterocycles. The van der Waals surface area contributed by atoms with Gasteiger partial charge in [-0.15, -0.1) is 0 Å². The van der Waals surface area contributed by atoms with Gasteiger partial charge in [0.15, 0.2) is 5.65 Å². The van der Waals surface area contributed by atoms with E-state index in [9.17, 15) is 18.4 Å². The number of aromatic nitrogens is 3. The SMILES string of the molecule is Cc1nc(N[C@H](C)c2cccc(C(F)(F)F)c2C)c2cc(C3(C#N)CC3)c(Cl)nc2n1. The zero-order chi connectivity index (χ0) is 22.6. The number of nitrogens with one attached hydrogen (secondary N) is 1. The number of rotatable bonds is 4. The Kier molecular flexibility index (Phi) is 5.05. The summed E-state index contributed by atoms with van der Waals surface area (Å²) in [5.74, 6) is 0.881. The van der Waals surface area contributed by atoms with Gasteiger partial charge in [0.25, 0.3) is 0 Å². The van der Waals surface area contributed by atoms with E-state index in [2.05, 4.69) is 26.3 Å². The van der Waals surface area contributed by atoms with Gasteiger partial charge in [0.1, 0.15) is 16.8 Å². The van der Waals surface area contributed by atoms with Crippen molar-refractivity contribution in [3.05, 3.63) is 57.5 Å². The highest BCUT2D eigenvalue weighted by Crippen LogP contribution is 2.50. The third-order valence-electron chi connectivity index (χ3n) is 5.73. The second kappa shape index (κ2) is 7.34. The molecule has 1 fully saturated rings. The van der Waals surface area contributed by atoms with Crippen LogP contribution >= 0.6 is 11.6 Å². The predicted octanol–water partition coefficient (Wildman–Crippen LogP) is 6.04. The number of hydrogen-bond donors (Lipinski definition) is 1. The third-order valence-corrected chi connectivity index (χ3v) is 6.02. The predicted molar refractivity (Wildman–Crippen MR) is 112 cm³/mol. The van der Waals surface area contributed by atoms with Crippen molar-refractivity contribution in [3.63, 3.8) is 0 Å². The standard InChI is InChI=1S/C22H19ClF3N5/c1-11-14(5-4-6-16(11)22(24,25)26)12(2)28-19-15-9-17(21(10-27)7-8-21)18(23)31-20(15)30-13(3)29-19/h4-6,9,12H,7-8H2,1-3H3,(H,28,29,30,31)/t12-/m1/s1. The fourth-order valence-corrected chi connectivity index (χ4v) is 4.18. The van der Waals surface area contributed by atoms with Gasteiger partial charge in [-0.05, 0) is 56.9 Å². The maximum absolute atomic E-state index is 13.3. The molecule has 0 bridgehead atoms. The van der Waals surface area contributed by atoms with E-state index in [0.717, 1.165) is 6.07 Å². The van der Waals surface area contributed by atoms with Gasteiger partial charge < -0.3 is 5.32 Å². The van der Waals surface area contributed by atoms with Crippen LogP contribution in [-0.4, -0.2) is 15.0 Å². The summed E-state index contributed by atoms with van der Waals surface area (Å²) >= 11 is 6.34. The van der Waals surface area contributed by atoms with Gasteiger partial charge in [-0.25, -0.2) is 15.0 Å². The first-order valence-corrected chi connectivity index (χ1v) is 10.1. The van der Waals surface area contributed by atoms with E-state index in [1.54, 1.807) is 26.0 Å². The van der Waals surface area contributed by atoms with Crippen LogP contribution in [0.4, 0.5) is 19.0 Å². The van der Waals surface area contributed by atoms with E-state index in [4.69, 9.17) is 11.6 Å².